The Morgan fingerprint density at radius 1 is 0.973 bits per heavy atom. The summed E-state index contributed by atoms with van der Waals surface area (Å²) in [4.78, 5) is 13.1. The molecule has 2 heterocycles. The summed E-state index contributed by atoms with van der Waals surface area (Å²) in [5, 5.41) is 14.8. The molecule has 0 N–H and O–H groups in total. The summed E-state index contributed by atoms with van der Waals surface area (Å²) in [6.45, 7) is 16.0. The molecule has 0 saturated heterocycles. The molecule has 37 heavy (non-hydrogen) atoms. The third-order valence-corrected chi connectivity index (χ3v) is 19.6. The number of allylic oxidation sites excluding steroid dienone is 1. The molecule has 204 valence electrons. The number of amides is 1. The van der Waals surface area contributed by atoms with E-state index in [1.807, 2.05) is 4.78 Å². The topological polar surface area (TPSA) is 66.6 Å². The van der Waals surface area contributed by atoms with E-state index >= 15 is 0 Å². The van der Waals surface area contributed by atoms with E-state index in [4.69, 9.17) is 19.8 Å². The molecule has 5 fully saturated rings. The summed E-state index contributed by atoms with van der Waals surface area (Å²) in [5.74, 6) is 3.66. The fourth-order valence-corrected chi connectivity index (χ4v) is 18.2. The maximum Gasteiger partial charge on any atom is 0.258 e. The van der Waals surface area contributed by atoms with Crippen molar-refractivity contribution in [3.63, 3.8) is 0 Å². The normalized spacial score (nSPS) is 39.5. The summed E-state index contributed by atoms with van der Waals surface area (Å²) in [5.41, 5.74) is 3.67. The highest BCUT2D eigenvalue weighted by Crippen LogP contribution is 2.74. The third kappa shape index (κ3) is 3.72. The average Bonchev–Trinajstić information content (AvgIpc) is 3.32. The van der Waals surface area contributed by atoms with Gasteiger partial charge in [-0.25, -0.2) is 4.78 Å². The highest BCUT2D eigenvalue weighted by molar-refractivity contribution is 7.63. The van der Waals surface area contributed by atoms with Crippen LogP contribution in [0.15, 0.2) is 26.5 Å². The first-order valence-corrected chi connectivity index (χ1v) is 18.5. The zero-order valence-electron chi connectivity index (χ0n) is 24.1. The number of hydrogen-bond donors (Lipinski definition) is 0. The van der Waals surface area contributed by atoms with E-state index < -0.39 is 21.7 Å². The van der Waals surface area contributed by atoms with Crippen molar-refractivity contribution in [3.8, 4) is 0 Å². The summed E-state index contributed by atoms with van der Waals surface area (Å²) < 4.78 is 9.61. The van der Waals surface area contributed by atoms with E-state index in [9.17, 15) is 4.79 Å². The lowest BCUT2D eigenvalue weighted by Gasteiger charge is -2.59. The van der Waals surface area contributed by atoms with Crippen molar-refractivity contribution >= 4 is 28.0 Å². The second kappa shape index (κ2) is 8.98. The summed E-state index contributed by atoms with van der Waals surface area (Å²) in [6, 6.07) is 0. The fraction of sp³-hybridized carbons (Fsp3) is 0.862. The third-order valence-electron chi connectivity index (χ3n) is 10.9. The van der Waals surface area contributed by atoms with Crippen LogP contribution in [-0.4, -0.2) is 30.0 Å². The van der Waals surface area contributed by atoms with Crippen LogP contribution in [0.25, 0.3) is 0 Å². The molecule has 2 aliphatic heterocycles. The van der Waals surface area contributed by atoms with E-state index in [0.717, 1.165) is 54.6 Å². The van der Waals surface area contributed by atoms with Crippen LogP contribution in [0.2, 0.25) is 16.6 Å². The second-order valence-corrected chi connectivity index (χ2v) is 21.7. The zero-order chi connectivity index (χ0) is 26.3. The quantitative estimate of drug-likeness (QED) is 0.191. The first kappa shape index (κ1) is 26.2. The number of rotatable bonds is 6. The molecule has 1 amide bonds. The summed E-state index contributed by atoms with van der Waals surface area (Å²) in [6.07, 6.45) is 12.1. The van der Waals surface area contributed by atoms with Crippen molar-refractivity contribution in [2.24, 2.45) is 38.5 Å². The molecule has 8 heteroatoms. The SMILES string of the molecule is CC(=O)N1N=C2CCCC[C@]23N=N/C(=C(\O[Si](C(C)C)(C(C)C)C(C)C)C24CC5CC(CC(C5)C2)C4)P13. The maximum absolute atomic E-state index is 13.1. The van der Waals surface area contributed by atoms with Gasteiger partial charge in [0, 0.05) is 12.3 Å². The monoisotopic (exact) mass is 542 g/mol. The van der Waals surface area contributed by atoms with E-state index in [-0.39, 0.29) is 11.3 Å². The molecule has 0 aromatic carbocycles. The highest BCUT2D eigenvalue weighted by Gasteiger charge is 2.63. The predicted molar refractivity (Wildman–Crippen MR) is 153 cm³/mol. The first-order valence-electron chi connectivity index (χ1n) is 15.1. The first-order chi connectivity index (χ1) is 17.5. The fourth-order valence-electron chi connectivity index (χ4n) is 9.93. The molecule has 6 nitrogen and oxygen atoms in total. The van der Waals surface area contributed by atoms with Crippen LogP contribution in [0.4, 0.5) is 0 Å². The Hall–Kier alpha value is -1.07. The Morgan fingerprint density at radius 3 is 2.05 bits per heavy atom. The van der Waals surface area contributed by atoms with Gasteiger partial charge in [0.25, 0.3) is 8.32 Å². The molecule has 0 aromatic heterocycles. The molecule has 5 saturated carbocycles. The van der Waals surface area contributed by atoms with Crippen LogP contribution < -0.4 is 0 Å². The Bertz CT molecular complexity index is 1010. The van der Waals surface area contributed by atoms with Crippen molar-refractivity contribution in [3.05, 3.63) is 11.2 Å². The molecule has 1 unspecified atom stereocenters. The standard InChI is InChI=1S/C29H47N4O2PSi/c1-18(2)37(19(3)4,20(5)6)35-26(28-15-22-12-23(16-28)14-24(13-22)17-28)27-30-32-29-11-9-8-10-25(29)31-33(21(7)34)36(27)29/h18-20,22-24H,8-17H2,1-7H3/b27-26+/t22?,23?,24?,28?,29-,36?/m1/s1. The number of nitrogens with zero attached hydrogens (tertiary/aromatic N) is 4. The minimum atomic E-state index is -2.24. The number of hydrogen-bond acceptors (Lipinski definition) is 5. The van der Waals surface area contributed by atoms with Crippen molar-refractivity contribution in [2.45, 2.75) is 135 Å². The van der Waals surface area contributed by atoms with Crippen LogP contribution in [0.1, 0.15) is 113 Å². The molecular formula is C29H47N4O2PSi. The van der Waals surface area contributed by atoms with E-state index in [1.54, 1.807) is 6.92 Å². The number of carbonyl (C=O) groups is 1. The maximum atomic E-state index is 13.1. The number of hydrazone groups is 1. The van der Waals surface area contributed by atoms with E-state index in [2.05, 4.69) is 41.5 Å². The van der Waals surface area contributed by atoms with Gasteiger partial charge in [0.15, 0.2) is 5.28 Å². The Morgan fingerprint density at radius 2 is 1.54 bits per heavy atom. The van der Waals surface area contributed by atoms with Gasteiger partial charge in [0.1, 0.15) is 19.3 Å². The van der Waals surface area contributed by atoms with Gasteiger partial charge in [-0.05, 0) is 98.6 Å². The Labute approximate surface area is 226 Å². The van der Waals surface area contributed by atoms with Gasteiger partial charge >= 0.3 is 0 Å². The van der Waals surface area contributed by atoms with Gasteiger partial charge in [-0.15, -0.1) is 5.11 Å². The van der Waals surface area contributed by atoms with Crippen molar-refractivity contribution in [1.29, 1.82) is 0 Å². The average molecular weight is 543 g/mol. The van der Waals surface area contributed by atoms with Crippen LogP contribution in [0.5, 0.6) is 0 Å². The molecule has 0 aromatic rings. The van der Waals surface area contributed by atoms with E-state index in [0.29, 0.717) is 16.6 Å². The van der Waals surface area contributed by atoms with Gasteiger partial charge in [0.05, 0.1) is 5.71 Å². The highest BCUT2D eigenvalue weighted by atomic mass is 31.1. The van der Waals surface area contributed by atoms with Crippen LogP contribution in [0.3, 0.4) is 0 Å². The molecular weight excluding hydrogens is 495 g/mol. The second-order valence-electron chi connectivity index (χ2n) is 14.2. The molecule has 7 rings (SSSR count). The smallest absolute Gasteiger partial charge is 0.258 e. The van der Waals surface area contributed by atoms with Gasteiger partial charge < -0.3 is 4.43 Å². The van der Waals surface area contributed by atoms with Gasteiger partial charge in [-0.3, -0.25) is 4.79 Å². The summed E-state index contributed by atoms with van der Waals surface area (Å²) in [7, 11) is -3.36. The Kier molecular flexibility index (Phi) is 6.35. The molecule has 7 aliphatic rings. The van der Waals surface area contributed by atoms with Crippen LogP contribution >= 0.6 is 8.07 Å². The van der Waals surface area contributed by atoms with Crippen molar-refractivity contribution in [2.75, 3.05) is 0 Å². The molecule has 0 radical (unpaired) electrons. The van der Waals surface area contributed by atoms with Gasteiger partial charge in [-0.1, -0.05) is 41.5 Å². The van der Waals surface area contributed by atoms with Crippen molar-refractivity contribution < 1.29 is 9.22 Å². The molecule has 4 bridgehead atoms. The minimum absolute atomic E-state index is 0.0298. The zero-order valence-corrected chi connectivity index (χ0v) is 26.0. The lowest BCUT2D eigenvalue weighted by molar-refractivity contribution is -0.124. The number of carbonyl (C=O) groups excluding carboxylic acids is 1. The molecule has 2 atom stereocenters. The minimum Gasteiger partial charge on any atom is -0.544 e. The number of azo groups is 1. The van der Waals surface area contributed by atoms with Crippen LogP contribution in [0, 0.1) is 23.2 Å². The lowest BCUT2D eigenvalue weighted by atomic mass is 9.49. The molecule has 5 aliphatic carbocycles. The molecule has 1 spiro atoms. The van der Waals surface area contributed by atoms with Gasteiger partial charge in [0.2, 0.25) is 5.91 Å². The largest absolute Gasteiger partial charge is 0.544 e. The Balaban J connectivity index is 1.55. The van der Waals surface area contributed by atoms with Crippen LogP contribution in [-0.2, 0) is 9.22 Å². The predicted octanol–water partition coefficient (Wildman–Crippen LogP) is 8.92. The van der Waals surface area contributed by atoms with E-state index in [1.165, 1.54) is 44.3 Å². The lowest BCUT2D eigenvalue weighted by Crippen LogP contribution is -2.53. The van der Waals surface area contributed by atoms with Gasteiger partial charge in [-0.2, -0.15) is 10.2 Å². The van der Waals surface area contributed by atoms with Crippen molar-refractivity contribution in [1.82, 2.24) is 4.78 Å². The summed E-state index contributed by atoms with van der Waals surface area (Å²) >= 11 is 0.